The third-order valence-corrected chi connectivity index (χ3v) is 2.66. The molecule has 0 fully saturated rings. The van der Waals surface area contributed by atoms with Gasteiger partial charge in [0.1, 0.15) is 5.75 Å². The quantitative estimate of drug-likeness (QED) is 0.615. The number of hydrogen-bond donors (Lipinski definition) is 1. The molecule has 0 atom stereocenters. The van der Waals surface area contributed by atoms with Gasteiger partial charge in [0.15, 0.2) is 0 Å². The molecule has 0 radical (unpaired) electrons. The van der Waals surface area contributed by atoms with Crippen molar-refractivity contribution in [2.24, 2.45) is 0 Å². The molecule has 4 heteroatoms. The lowest BCUT2D eigenvalue weighted by Gasteiger charge is -2.07. The highest BCUT2D eigenvalue weighted by molar-refractivity contribution is 5.50. The van der Waals surface area contributed by atoms with E-state index in [9.17, 15) is 15.2 Å². The SMILES string of the molecule is CCCCc1cc(CC)c([N+](=O)[O-])cc1O. The van der Waals surface area contributed by atoms with Crippen LogP contribution < -0.4 is 0 Å². The highest BCUT2D eigenvalue weighted by Gasteiger charge is 2.16. The molecule has 1 rings (SSSR count). The van der Waals surface area contributed by atoms with E-state index >= 15 is 0 Å². The summed E-state index contributed by atoms with van der Waals surface area (Å²) in [4.78, 5) is 10.3. The number of phenolic OH excluding ortho intramolecular Hbond substituents is 1. The van der Waals surface area contributed by atoms with Crippen molar-refractivity contribution >= 4 is 5.69 Å². The van der Waals surface area contributed by atoms with Crippen LogP contribution in [0.3, 0.4) is 0 Å². The molecule has 1 aromatic carbocycles. The number of unbranched alkanes of at least 4 members (excludes halogenated alkanes) is 1. The number of phenols is 1. The van der Waals surface area contributed by atoms with Crippen LogP contribution in [0.4, 0.5) is 5.69 Å². The molecule has 0 bridgehead atoms. The molecule has 0 aliphatic rings. The highest BCUT2D eigenvalue weighted by atomic mass is 16.6. The zero-order valence-corrected chi connectivity index (χ0v) is 9.69. The molecular formula is C12H17NO3. The van der Waals surface area contributed by atoms with E-state index in [2.05, 4.69) is 6.92 Å². The number of nitro benzene ring substituents is 1. The van der Waals surface area contributed by atoms with Gasteiger partial charge < -0.3 is 5.11 Å². The number of hydrogen-bond acceptors (Lipinski definition) is 3. The van der Waals surface area contributed by atoms with Gasteiger partial charge in [0.2, 0.25) is 0 Å². The first-order chi connectivity index (χ1) is 7.60. The Morgan fingerprint density at radius 2 is 2.00 bits per heavy atom. The lowest BCUT2D eigenvalue weighted by Crippen LogP contribution is -1.97. The van der Waals surface area contributed by atoms with E-state index in [1.54, 1.807) is 6.07 Å². The normalized spacial score (nSPS) is 10.4. The van der Waals surface area contributed by atoms with Gasteiger partial charge in [-0.05, 0) is 30.9 Å². The van der Waals surface area contributed by atoms with Gasteiger partial charge in [-0.25, -0.2) is 0 Å². The number of nitro groups is 1. The predicted molar refractivity (Wildman–Crippen MR) is 62.8 cm³/mol. The van der Waals surface area contributed by atoms with Gasteiger partial charge in [-0.2, -0.15) is 0 Å². The number of benzene rings is 1. The second kappa shape index (κ2) is 5.49. The minimum atomic E-state index is -0.442. The Balaban J connectivity index is 3.10. The van der Waals surface area contributed by atoms with Crippen LogP contribution in [-0.4, -0.2) is 10.0 Å². The van der Waals surface area contributed by atoms with Crippen molar-refractivity contribution in [1.29, 1.82) is 0 Å². The molecule has 88 valence electrons. The Morgan fingerprint density at radius 3 is 2.50 bits per heavy atom. The number of aromatic hydroxyl groups is 1. The Hall–Kier alpha value is -1.58. The van der Waals surface area contributed by atoms with Gasteiger partial charge in [-0.15, -0.1) is 0 Å². The molecule has 0 aromatic heterocycles. The van der Waals surface area contributed by atoms with E-state index in [1.165, 1.54) is 6.07 Å². The zero-order chi connectivity index (χ0) is 12.1. The van der Waals surface area contributed by atoms with E-state index in [4.69, 9.17) is 0 Å². The van der Waals surface area contributed by atoms with Crippen molar-refractivity contribution < 1.29 is 10.0 Å². The molecule has 0 heterocycles. The summed E-state index contributed by atoms with van der Waals surface area (Å²) in [5, 5.41) is 20.4. The third kappa shape index (κ3) is 2.72. The summed E-state index contributed by atoms with van der Waals surface area (Å²) in [6, 6.07) is 3.02. The fourth-order valence-electron chi connectivity index (χ4n) is 1.69. The molecule has 4 nitrogen and oxygen atoms in total. The molecule has 0 aliphatic carbocycles. The van der Waals surface area contributed by atoms with Crippen LogP contribution in [0.15, 0.2) is 12.1 Å². The number of nitrogens with zero attached hydrogens (tertiary/aromatic N) is 1. The predicted octanol–water partition coefficient (Wildman–Crippen LogP) is 3.21. The van der Waals surface area contributed by atoms with E-state index in [0.29, 0.717) is 12.0 Å². The third-order valence-electron chi connectivity index (χ3n) is 2.66. The van der Waals surface area contributed by atoms with Crippen molar-refractivity contribution in [2.45, 2.75) is 39.5 Å². The number of aryl methyl sites for hydroxylation is 2. The average molecular weight is 223 g/mol. The van der Waals surface area contributed by atoms with Gasteiger partial charge in [0.05, 0.1) is 11.0 Å². The molecule has 0 unspecified atom stereocenters. The van der Waals surface area contributed by atoms with Crippen LogP contribution in [0, 0.1) is 10.1 Å². The first-order valence-corrected chi connectivity index (χ1v) is 5.59. The van der Waals surface area contributed by atoms with Crippen LogP contribution in [0.2, 0.25) is 0 Å². The fourth-order valence-corrected chi connectivity index (χ4v) is 1.69. The van der Waals surface area contributed by atoms with E-state index in [1.807, 2.05) is 6.92 Å². The average Bonchev–Trinajstić information content (AvgIpc) is 2.26. The first kappa shape index (κ1) is 12.5. The summed E-state index contributed by atoms with van der Waals surface area (Å²) >= 11 is 0. The maximum absolute atomic E-state index is 10.8. The maximum Gasteiger partial charge on any atom is 0.276 e. The molecule has 0 spiro atoms. The van der Waals surface area contributed by atoms with Crippen molar-refractivity contribution in [3.05, 3.63) is 33.4 Å². The van der Waals surface area contributed by atoms with Crippen LogP contribution >= 0.6 is 0 Å². The fraction of sp³-hybridized carbons (Fsp3) is 0.500. The molecule has 0 aliphatic heterocycles. The summed E-state index contributed by atoms with van der Waals surface area (Å²) in [7, 11) is 0. The largest absolute Gasteiger partial charge is 0.507 e. The molecule has 0 saturated heterocycles. The summed E-state index contributed by atoms with van der Waals surface area (Å²) in [6.45, 7) is 3.95. The van der Waals surface area contributed by atoms with Crippen molar-refractivity contribution in [1.82, 2.24) is 0 Å². The Morgan fingerprint density at radius 1 is 1.31 bits per heavy atom. The Kier molecular flexibility index (Phi) is 4.28. The summed E-state index contributed by atoms with van der Waals surface area (Å²) in [5.41, 5.74) is 1.51. The first-order valence-electron chi connectivity index (χ1n) is 5.59. The molecule has 0 saturated carbocycles. The van der Waals surface area contributed by atoms with Crippen LogP contribution in [-0.2, 0) is 12.8 Å². The summed E-state index contributed by atoms with van der Waals surface area (Å²) < 4.78 is 0. The van der Waals surface area contributed by atoms with Crippen LogP contribution in [0.25, 0.3) is 0 Å². The molecule has 0 amide bonds. The Labute approximate surface area is 95.1 Å². The standard InChI is InChI=1S/C12H17NO3/c1-3-5-6-10-7-9(4-2)11(13(15)16)8-12(10)14/h7-8,14H,3-6H2,1-2H3. The lowest BCUT2D eigenvalue weighted by molar-refractivity contribution is -0.385. The molecular weight excluding hydrogens is 206 g/mol. The van der Waals surface area contributed by atoms with Crippen molar-refractivity contribution in [3.63, 3.8) is 0 Å². The van der Waals surface area contributed by atoms with Gasteiger partial charge >= 0.3 is 0 Å². The van der Waals surface area contributed by atoms with E-state index in [-0.39, 0.29) is 11.4 Å². The van der Waals surface area contributed by atoms with Crippen molar-refractivity contribution in [3.8, 4) is 5.75 Å². The zero-order valence-electron chi connectivity index (χ0n) is 9.69. The van der Waals surface area contributed by atoms with E-state index < -0.39 is 4.92 Å². The summed E-state index contributed by atoms with van der Waals surface area (Å²) in [5.74, 6) is 0.0392. The highest BCUT2D eigenvalue weighted by Crippen LogP contribution is 2.29. The van der Waals surface area contributed by atoms with Crippen molar-refractivity contribution in [2.75, 3.05) is 0 Å². The molecule has 16 heavy (non-hydrogen) atoms. The second-order valence-corrected chi connectivity index (χ2v) is 3.82. The maximum atomic E-state index is 10.8. The molecule has 1 aromatic rings. The van der Waals surface area contributed by atoms with Crippen LogP contribution in [0.1, 0.15) is 37.8 Å². The van der Waals surface area contributed by atoms with Gasteiger partial charge in [-0.3, -0.25) is 10.1 Å². The monoisotopic (exact) mass is 223 g/mol. The van der Waals surface area contributed by atoms with Gasteiger partial charge in [0.25, 0.3) is 5.69 Å². The number of rotatable bonds is 5. The summed E-state index contributed by atoms with van der Waals surface area (Å²) in [6.07, 6.45) is 3.40. The second-order valence-electron chi connectivity index (χ2n) is 3.82. The minimum absolute atomic E-state index is 0.0141. The molecule has 1 N–H and O–H groups in total. The topological polar surface area (TPSA) is 63.4 Å². The van der Waals surface area contributed by atoms with E-state index in [0.717, 1.165) is 24.8 Å². The van der Waals surface area contributed by atoms with Gasteiger partial charge in [0, 0.05) is 5.56 Å². The smallest absolute Gasteiger partial charge is 0.276 e. The lowest BCUT2D eigenvalue weighted by atomic mass is 10.0. The van der Waals surface area contributed by atoms with Gasteiger partial charge in [-0.1, -0.05) is 20.3 Å². The minimum Gasteiger partial charge on any atom is -0.507 e. The Bertz CT molecular complexity index is 388. The van der Waals surface area contributed by atoms with Crippen LogP contribution in [0.5, 0.6) is 5.75 Å².